The fourth-order valence-corrected chi connectivity index (χ4v) is 1.81. The molecule has 0 aliphatic rings. The summed E-state index contributed by atoms with van der Waals surface area (Å²) in [6.45, 7) is 0.392. The van der Waals surface area contributed by atoms with Crippen LogP contribution in [0.1, 0.15) is 5.69 Å². The first-order chi connectivity index (χ1) is 8.26. The third kappa shape index (κ3) is 2.42. The zero-order valence-electron chi connectivity index (χ0n) is 9.36. The second-order valence-corrected chi connectivity index (χ2v) is 3.99. The highest BCUT2D eigenvalue weighted by atomic mass is 79.9. The maximum atomic E-state index is 5.09. The topological polar surface area (TPSA) is 88.6 Å². The van der Waals surface area contributed by atoms with Gasteiger partial charge in [-0.05, 0) is 15.9 Å². The first-order valence-electron chi connectivity index (χ1n) is 4.85. The monoisotopic (exact) mass is 298 g/mol. The number of aromatic amines is 1. The smallest absolute Gasteiger partial charge is 0.184 e. The van der Waals surface area contributed by atoms with Gasteiger partial charge in [-0.15, -0.1) is 0 Å². The minimum atomic E-state index is 0.392. The number of halogens is 1. The molecular formula is C9H11BrN6O. The van der Waals surface area contributed by atoms with E-state index in [9.17, 15) is 0 Å². The Labute approximate surface area is 106 Å². The lowest BCUT2D eigenvalue weighted by molar-refractivity contribution is 0.181. The number of rotatable bonds is 4. The highest BCUT2D eigenvalue weighted by molar-refractivity contribution is 9.10. The van der Waals surface area contributed by atoms with Crippen LogP contribution in [-0.2, 0) is 11.3 Å². The van der Waals surface area contributed by atoms with Crippen molar-refractivity contribution in [2.45, 2.75) is 6.61 Å². The third-order valence-corrected chi connectivity index (χ3v) is 2.92. The molecule has 0 atom stereocenters. The van der Waals surface area contributed by atoms with Crippen molar-refractivity contribution in [2.75, 3.05) is 19.5 Å². The minimum absolute atomic E-state index is 0.392. The number of aromatic nitrogens is 5. The van der Waals surface area contributed by atoms with Gasteiger partial charge >= 0.3 is 0 Å². The quantitative estimate of drug-likeness (QED) is 0.882. The fourth-order valence-electron chi connectivity index (χ4n) is 1.32. The standard InChI is InChI=1S/C9H11BrN6O/c1-11-9-7(10)6(4-17-2)13-8(14-9)5-3-12-16-15-5/h3H,4H2,1-2H3,(H,11,13,14)(H,12,15,16). The Bertz CT molecular complexity index is 500. The van der Waals surface area contributed by atoms with Gasteiger partial charge in [-0.2, -0.15) is 15.4 Å². The summed E-state index contributed by atoms with van der Waals surface area (Å²) >= 11 is 3.43. The molecule has 2 heterocycles. The van der Waals surface area contributed by atoms with Crippen LogP contribution in [0.4, 0.5) is 5.82 Å². The molecule has 0 unspecified atom stereocenters. The Morgan fingerprint density at radius 1 is 1.47 bits per heavy atom. The Balaban J connectivity index is 2.50. The van der Waals surface area contributed by atoms with E-state index in [4.69, 9.17) is 4.74 Å². The predicted octanol–water partition coefficient (Wildman–Crippen LogP) is 1.21. The van der Waals surface area contributed by atoms with E-state index in [1.54, 1.807) is 20.4 Å². The summed E-state index contributed by atoms with van der Waals surface area (Å²) in [6.07, 6.45) is 1.57. The number of nitrogens with zero attached hydrogens (tertiary/aromatic N) is 4. The highest BCUT2D eigenvalue weighted by Gasteiger charge is 2.13. The zero-order valence-corrected chi connectivity index (χ0v) is 10.9. The molecule has 0 saturated carbocycles. The van der Waals surface area contributed by atoms with Gasteiger partial charge in [0.25, 0.3) is 0 Å². The summed E-state index contributed by atoms with van der Waals surface area (Å²) in [5.41, 5.74) is 1.34. The van der Waals surface area contributed by atoms with Gasteiger partial charge < -0.3 is 10.1 Å². The largest absolute Gasteiger partial charge is 0.378 e. The van der Waals surface area contributed by atoms with E-state index >= 15 is 0 Å². The summed E-state index contributed by atoms with van der Waals surface area (Å²) in [4.78, 5) is 8.70. The lowest BCUT2D eigenvalue weighted by atomic mass is 10.3. The van der Waals surface area contributed by atoms with Gasteiger partial charge in [0.15, 0.2) is 5.82 Å². The van der Waals surface area contributed by atoms with Gasteiger partial charge in [-0.25, -0.2) is 9.97 Å². The molecule has 0 radical (unpaired) electrons. The van der Waals surface area contributed by atoms with Crippen LogP contribution < -0.4 is 5.32 Å². The maximum Gasteiger partial charge on any atom is 0.184 e. The number of H-pyrrole nitrogens is 1. The number of methoxy groups -OCH3 is 1. The van der Waals surface area contributed by atoms with Gasteiger partial charge in [0.05, 0.1) is 23.0 Å². The molecule has 2 N–H and O–H groups in total. The number of nitrogens with one attached hydrogen (secondary N) is 2. The van der Waals surface area contributed by atoms with Crippen molar-refractivity contribution in [1.29, 1.82) is 0 Å². The summed E-state index contributed by atoms with van der Waals surface area (Å²) in [7, 11) is 3.40. The van der Waals surface area contributed by atoms with E-state index in [0.29, 0.717) is 23.9 Å². The molecule has 0 aliphatic carbocycles. The second-order valence-electron chi connectivity index (χ2n) is 3.19. The Kier molecular flexibility index (Phi) is 3.64. The first-order valence-corrected chi connectivity index (χ1v) is 5.64. The van der Waals surface area contributed by atoms with E-state index in [2.05, 4.69) is 46.6 Å². The van der Waals surface area contributed by atoms with Gasteiger partial charge in [0.2, 0.25) is 0 Å². The van der Waals surface area contributed by atoms with Gasteiger partial charge in [0.1, 0.15) is 11.5 Å². The normalized spacial score (nSPS) is 10.5. The van der Waals surface area contributed by atoms with E-state index in [-0.39, 0.29) is 0 Å². The first kappa shape index (κ1) is 11.9. The lowest BCUT2D eigenvalue weighted by Gasteiger charge is -2.09. The van der Waals surface area contributed by atoms with Gasteiger partial charge in [-0.1, -0.05) is 0 Å². The van der Waals surface area contributed by atoms with Crippen LogP contribution in [0.2, 0.25) is 0 Å². The van der Waals surface area contributed by atoms with E-state index < -0.39 is 0 Å². The molecule has 0 spiro atoms. The molecule has 0 aliphatic heterocycles. The predicted molar refractivity (Wildman–Crippen MR) is 65.4 cm³/mol. The van der Waals surface area contributed by atoms with Crippen molar-refractivity contribution in [2.24, 2.45) is 0 Å². The average Bonchev–Trinajstić information content (AvgIpc) is 2.85. The van der Waals surface area contributed by atoms with Crippen LogP contribution in [0.25, 0.3) is 11.5 Å². The van der Waals surface area contributed by atoms with Crippen LogP contribution in [0, 0.1) is 0 Å². The van der Waals surface area contributed by atoms with Crippen LogP contribution >= 0.6 is 15.9 Å². The molecular weight excluding hydrogens is 288 g/mol. The van der Waals surface area contributed by atoms with Crippen molar-refractivity contribution < 1.29 is 4.74 Å². The van der Waals surface area contributed by atoms with Crippen LogP contribution in [0.5, 0.6) is 0 Å². The Morgan fingerprint density at radius 2 is 2.29 bits per heavy atom. The van der Waals surface area contributed by atoms with Crippen LogP contribution in [0.3, 0.4) is 0 Å². The molecule has 7 nitrogen and oxygen atoms in total. The lowest BCUT2D eigenvalue weighted by Crippen LogP contribution is -2.04. The summed E-state index contributed by atoms with van der Waals surface area (Å²) < 4.78 is 5.87. The highest BCUT2D eigenvalue weighted by Crippen LogP contribution is 2.26. The molecule has 2 aromatic rings. The van der Waals surface area contributed by atoms with E-state index in [1.165, 1.54) is 0 Å². The maximum absolute atomic E-state index is 5.09. The number of hydrogen-bond donors (Lipinski definition) is 2. The van der Waals surface area contributed by atoms with Crippen molar-refractivity contribution in [3.8, 4) is 11.5 Å². The molecule has 0 amide bonds. The number of ether oxygens (including phenoxy) is 1. The van der Waals surface area contributed by atoms with E-state index in [1.807, 2.05) is 0 Å². The number of anilines is 1. The van der Waals surface area contributed by atoms with E-state index in [0.717, 1.165) is 10.2 Å². The van der Waals surface area contributed by atoms with Crippen molar-refractivity contribution >= 4 is 21.7 Å². The third-order valence-electron chi connectivity index (χ3n) is 2.08. The second kappa shape index (κ2) is 5.19. The van der Waals surface area contributed by atoms with Crippen LogP contribution in [-0.4, -0.2) is 39.5 Å². The molecule has 8 heteroatoms. The Morgan fingerprint density at radius 3 is 2.88 bits per heavy atom. The average molecular weight is 299 g/mol. The molecule has 0 bridgehead atoms. The van der Waals surface area contributed by atoms with Crippen molar-refractivity contribution in [3.63, 3.8) is 0 Å². The molecule has 0 aromatic carbocycles. The van der Waals surface area contributed by atoms with Crippen molar-refractivity contribution in [3.05, 3.63) is 16.4 Å². The van der Waals surface area contributed by atoms with Crippen LogP contribution in [0.15, 0.2) is 10.7 Å². The zero-order chi connectivity index (χ0) is 12.3. The molecule has 90 valence electrons. The fraction of sp³-hybridized carbons (Fsp3) is 0.333. The molecule has 2 aromatic heterocycles. The molecule has 17 heavy (non-hydrogen) atoms. The SMILES string of the molecule is CNc1nc(-c2cn[nH]n2)nc(COC)c1Br. The Hall–Kier alpha value is -1.54. The summed E-state index contributed by atoms with van der Waals surface area (Å²) in [6, 6.07) is 0. The molecule has 0 fully saturated rings. The molecule has 0 saturated heterocycles. The van der Waals surface area contributed by atoms with Gasteiger partial charge in [0, 0.05) is 14.2 Å². The summed E-state index contributed by atoms with van der Waals surface area (Å²) in [5.74, 6) is 1.18. The van der Waals surface area contributed by atoms with Gasteiger partial charge in [-0.3, -0.25) is 0 Å². The molecule has 2 rings (SSSR count). The van der Waals surface area contributed by atoms with Crippen molar-refractivity contribution in [1.82, 2.24) is 25.4 Å². The number of hydrogen-bond acceptors (Lipinski definition) is 6. The minimum Gasteiger partial charge on any atom is -0.378 e. The summed E-state index contributed by atoms with van der Waals surface area (Å²) in [5, 5.41) is 13.2.